The summed E-state index contributed by atoms with van der Waals surface area (Å²) in [6.45, 7) is 1.62. The van der Waals surface area contributed by atoms with Crippen LogP contribution in [0.25, 0.3) is 0 Å². The molecule has 0 aliphatic rings. The number of carbonyl (C=O) groups is 2. The first-order valence-corrected chi connectivity index (χ1v) is 7.86. The quantitative estimate of drug-likeness (QED) is 0.778. The minimum Gasteiger partial charge on any atom is -0.484 e. The maximum absolute atomic E-state index is 11.8. The zero-order chi connectivity index (χ0) is 16.8. The van der Waals surface area contributed by atoms with Gasteiger partial charge in [0.25, 0.3) is 11.8 Å². The Balaban J connectivity index is 1.79. The molecule has 23 heavy (non-hydrogen) atoms. The summed E-state index contributed by atoms with van der Waals surface area (Å²) in [6.07, 6.45) is 0. The molecule has 0 unspecified atom stereocenters. The molecule has 5 nitrogen and oxygen atoms in total. The Morgan fingerprint density at radius 2 is 1.83 bits per heavy atom. The van der Waals surface area contributed by atoms with E-state index in [-0.39, 0.29) is 6.61 Å². The maximum Gasteiger partial charge on any atom is 0.276 e. The first-order chi connectivity index (χ1) is 11.0. The zero-order valence-corrected chi connectivity index (χ0v) is 14.6. The van der Waals surface area contributed by atoms with Crippen molar-refractivity contribution in [1.29, 1.82) is 0 Å². The van der Waals surface area contributed by atoms with Gasteiger partial charge in [-0.05, 0) is 55.0 Å². The van der Waals surface area contributed by atoms with Crippen LogP contribution < -0.4 is 15.6 Å². The predicted molar refractivity (Wildman–Crippen MR) is 91.4 cm³/mol. The molecule has 0 heterocycles. The molecule has 0 saturated carbocycles. The summed E-state index contributed by atoms with van der Waals surface area (Å²) in [7, 11) is 0. The number of rotatable bonds is 4. The molecule has 0 aliphatic carbocycles. The average molecular weight is 398 g/mol. The molecule has 0 bridgehead atoms. The molecule has 0 aromatic heterocycles. The molecule has 0 fully saturated rings. The summed E-state index contributed by atoms with van der Waals surface area (Å²) >= 11 is 9.19. The predicted octanol–water partition coefficient (Wildman–Crippen LogP) is 3.25. The average Bonchev–Trinajstić information content (AvgIpc) is 2.54. The molecule has 0 aliphatic heterocycles. The standard InChI is InChI=1S/C16H14BrClN2O3/c1-10-8-13(6-7-14(10)18)23-9-15(21)19-20-16(22)11-2-4-12(17)5-3-11/h2-8H,9H2,1H3,(H,19,21)(H,20,22). The highest BCUT2D eigenvalue weighted by Gasteiger charge is 2.08. The lowest BCUT2D eigenvalue weighted by Gasteiger charge is -2.09. The molecule has 2 aromatic carbocycles. The Kier molecular flexibility index (Phi) is 6.01. The highest BCUT2D eigenvalue weighted by Crippen LogP contribution is 2.20. The molecule has 2 rings (SSSR count). The van der Waals surface area contributed by atoms with E-state index in [0.717, 1.165) is 10.0 Å². The van der Waals surface area contributed by atoms with Crippen molar-refractivity contribution >= 4 is 39.3 Å². The van der Waals surface area contributed by atoms with E-state index in [1.54, 1.807) is 42.5 Å². The van der Waals surface area contributed by atoms with Gasteiger partial charge in [-0.1, -0.05) is 27.5 Å². The number of aryl methyl sites for hydroxylation is 1. The van der Waals surface area contributed by atoms with Crippen molar-refractivity contribution in [2.75, 3.05) is 6.61 Å². The van der Waals surface area contributed by atoms with Crippen LogP contribution in [0.5, 0.6) is 5.75 Å². The minimum atomic E-state index is -0.469. The summed E-state index contributed by atoms with van der Waals surface area (Å²) < 4.78 is 6.19. The summed E-state index contributed by atoms with van der Waals surface area (Å²) in [5, 5.41) is 0.628. The van der Waals surface area contributed by atoms with Gasteiger partial charge in [0.05, 0.1) is 0 Å². The molecular weight excluding hydrogens is 384 g/mol. The lowest BCUT2D eigenvalue weighted by Crippen LogP contribution is -2.43. The van der Waals surface area contributed by atoms with Crippen LogP contribution in [0, 0.1) is 6.92 Å². The van der Waals surface area contributed by atoms with E-state index in [4.69, 9.17) is 16.3 Å². The van der Waals surface area contributed by atoms with E-state index in [9.17, 15) is 9.59 Å². The number of nitrogens with one attached hydrogen (secondary N) is 2. The monoisotopic (exact) mass is 396 g/mol. The maximum atomic E-state index is 11.8. The van der Waals surface area contributed by atoms with Crippen LogP contribution in [-0.2, 0) is 4.79 Å². The van der Waals surface area contributed by atoms with Crippen LogP contribution in [-0.4, -0.2) is 18.4 Å². The van der Waals surface area contributed by atoms with Crippen LogP contribution in [0.15, 0.2) is 46.9 Å². The molecule has 7 heteroatoms. The summed E-state index contributed by atoms with van der Waals surface area (Å²) in [4.78, 5) is 23.5. The molecular formula is C16H14BrClN2O3. The van der Waals surface area contributed by atoms with Crippen LogP contribution in [0.3, 0.4) is 0 Å². The smallest absolute Gasteiger partial charge is 0.276 e. The third-order valence-electron chi connectivity index (χ3n) is 2.92. The normalized spacial score (nSPS) is 10.0. The van der Waals surface area contributed by atoms with Crippen molar-refractivity contribution in [3.63, 3.8) is 0 Å². The number of ether oxygens (including phenoxy) is 1. The van der Waals surface area contributed by atoms with E-state index >= 15 is 0 Å². The minimum absolute atomic E-state index is 0.221. The number of hydrogen-bond acceptors (Lipinski definition) is 3. The third kappa shape index (κ3) is 5.26. The summed E-state index contributed by atoms with van der Waals surface area (Å²) in [5.74, 6) is -0.350. The van der Waals surface area contributed by atoms with Crippen LogP contribution >= 0.6 is 27.5 Å². The van der Waals surface area contributed by atoms with Gasteiger partial charge in [0.2, 0.25) is 0 Å². The lowest BCUT2D eigenvalue weighted by molar-refractivity contribution is -0.123. The molecule has 0 radical (unpaired) electrons. The molecule has 0 spiro atoms. The summed E-state index contributed by atoms with van der Waals surface area (Å²) in [5.41, 5.74) is 5.90. The zero-order valence-electron chi connectivity index (χ0n) is 12.2. The summed E-state index contributed by atoms with van der Waals surface area (Å²) in [6, 6.07) is 11.8. The number of carbonyl (C=O) groups excluding carboxylic acids is 2. The van der Waals surface area contributed by atoms with Gasteiger partial charge in [-0.15, -0.1) is 0 Å². The Morgan fingerprint density at radius 1 is 1.13 bits per heavy atom. The van der Waals surface area contributed by atoms with Crippen molar-refractivity contribution in [2.45, 2.75) is 6.92 Å². The molecule has 2 N–H and O–H groups in total. The second kappa shape index (κ2) is 7.99. The molecule has 2 amide bonds. The number of hydrazine groups is 1. The Bertz CT molecular complexity index is 720. The third-order valence-corrected chi connectivity index (χ3v) is 3.87. The van der Waals surface area contributed by atoms with E-state index in [0.29, 0.717) is 16.3 Å². The SMILES string of the molecule is Cc1cc(OCC(=O)NNC(=O)c2ccc(Br)cc2)ccc1Cl. The number of hydrogen-bond donors (Lipinski definition) is 2. The van der Waals surface area contributed by atoms with Gasteiger partial charge in [0, 0.05) is 15.1 Å². The fourth-order valence-electron chi connectivity index (χ4n) is 1.69. The fourth-order valence-corrected chi connectivity index (χ4v) is 2.07. The number of halogens is 2. The first-order valence-electron chi connectivity index (χ1n) is 6.69. The second-order valence-electron chi connectivity index (χ2n) is 4.71. The van der Waals surface area contributed by atoms with E-state index < -0.39 is 11.8 Å². The van der Waals surface area contributed by atoms with Crippen LogP contribution in [0.1, 0.15) is 15.9 Å². The molecule has 2 aromatic rings. The highest BCUT2D eigenvalue weighted by molar-refractivity contribution is 9.10. The number of amides is 2. The van der Waals surface area contributed by atoms with Crippen molar-refractivity contribution in [1.82, 2.24) is 10.9 Å². The van der Waals surface area contributed by atoms with Gasteiger partial charge < -0.3 is 4.74 Å². The molecule has 0 saturated heterocycles. The Hall–Kier alpha value is -2.05. The van der Waals surface area contributed by atoms with Gasteiger partial charge >= 0.3 is 0 Å². The molecule has 0 atom stereocenters. The lowest BCUT2D eigenvalue weighted by atomic mass is 10.2. The Labute approximate surface area is 147 Å². The fraction of sp³-hybridized carbons (Fsp3) is 0.125. The van der Waals surface area contributed by atoms with Gasteiger partial charge in [-0.2, -0.15) is 0 Å². The highest BCUT2D eigenvalue weighted by atomic mass is 79.9. The van der Waals surface area contributed by atoms with Gasteiger partial charge in [0.1, 0.15) is 5.75 Å². The molecule has 120 valence electrons. The van der Waals surface area contributed by atoms with Crippen LogP contribution in [0.4, 0.5) is 0 Å². The van der Waals surface area contributed by atoms with Gasteiger partial charge in [0.15, 0.2) is 6.61 Å². The van der Waals surface area contributed by atoms with E-state index in [1.807, 2.05) is 6.92 Å². The Morgan fingerprint density at radius 3 is 2.48 bits per heavy atom. The van der Waals surface area contributed by atoms with Crippen molar-refractivity contribution < 1.29 is 14.3 Å². The van der Waals surface area contributed by atoms with E-state index in [1.165, 1.54) is 0 Å². The van der Waals surface area contributed by atoms with E-state index in [2.05, 4.69) is 26.8 Å². The largest absolute Gasteiger partial charge is 0.484 e. The van der Waals surface area contributed by atoms with Crippen molar-refractivity contribution in [3.8, 4) is 5.75 Å². The van der Waals surface area contributed by atoms with Crippen molar-refractivity contribution in [2.24, 2.45) is 0 Å². The van der Waals surface area contributed by atoms with Crippen LogP contribution in [0.2, 0.25) is 5.02 Å². The van der Waals surface area contributed by atoms with Crippen molar-refractivity contribution in [3.05, 3.63) is 63.1 Å². The first kappa shape index (κ1) is 17.3. The van der Waals surface area contributed by atoms with Gasteiger partial charge in [-0.25, -0.2) is 0 Å². The number of benzene rings is 2. The topological polar surface area (TPSA) is 67.4 Å². The van der Waals surface area contributed by atoms with Gasteiger partial charge in [-0.3, -0.25) is 20.4 Å². The second-order valence-corrected chi connectivity index (χ2v) is 6.03.